The van der Waals surface area contributed by atoms with Gasteiger partial charge < -0.3 is 10.6 Å². The average molecular weight is 296 g/mol. The van der Waals surface area contributed by atoms with Crippen LogP contribution in [0, 0.1) is 0 Å². The highest BCUT2D eigenvalue weighted by molar-refractivity contribution is 6.30. The lowest BCUT2D eigenvalue weighted by Gasteiger charge is -2.18. The normalized spacial score (nSPS) is 17.2. The van der Waals surface area contributed by atoms with Gasteiger partial charge in [0.15, 0.2) is 6.54 Å². The first-order valence-corrected chi connectivity index (χ1v) is 8.00. The minimum Gasteiger partial charge on any atom is -0.336 e. The van der Waals surface area contributed by atoms with E-state index in [0.29, 0.717) is 17.6 Å². The Morgan fingerprint density at radius 3 is 2.60 bits per heavy atom. The van der Waals surface area contributed by atoms with Crippen LogP contribution in [-0.2, 0) is 4.79 Å². The van der Waals surface area contributed by atoms with Gasteiger partial charge in [-0.25, -0.2) is 0 Å². The van der Waals surface area contributed by atoms with Crippen molar-refractivity contribution in [2.75, 3.05) is 11.9 Å². The minimum absolute atomic E-state index is 0.0503. The maximum atomic E-state index is 11.9. The van der Waals surface area contributed by atoms with Gasteiger partial charge in [-0.3, -0.25) is 4.79 Å². The fraction of sp³-hybridized carbons (Fsp3) is 0.562. The van der Waals surface area contributed by atoms with Gasteiger partial charge in [0, 0.05) is 10.7 Å². The topological polar surface area (TPSA) is 45.7 Å². The van der Waals surface area contributed by atoms with Crippen LogP contribution in [0.25, 0.3) is 0 Å². The number of nitrogens with one attached hydrogen (secondary N) is 1. The Kier molecular flexibility index (Phi) is 6.34. The van der Waals surface area contributed by atoms with Gasteiger partial charge in [-0.15, -0.1) is 0 Å². The number of anilines is 1. The number of halogens is 1. The molecule has 1 aromatic carbocycles. The highest BCUT2D eigenvalue weighted by atomic mass is 35.5. The molecule has 0 aromatic heterocycles. The largest absolute Gasteiger partial charge is 0.336 e. The van der Waals surface area contributed by atoms with E-state index in [1.165, 1.54) is 44.9 Å². The van der Waals surface area contributed by atoms with E-state index in [0.717, 1.165) is 5.69 Å². The molecule has 110 valence electrons. The van der Waals surface area contributed by atoms with Crippen LogP contribution in [0.4, 0.5) is 5.69 Å². The number of rotatable bonds is 4. The number of benzene rings is 1. The Balaban J connectivity index is 1.73. The number of carbonyl (C=O) groups is 1. The average Bonchev–Trinajstić information content (AvgIpc) is 2.37. The van der Waals surface area contributed by atoms with Crippen LogP contribution < -0.4 is 10.6 Å². The fourth-order valence-corrected chi connectivity index (χ4v) is 2.97. The third-order valence-electron chi connectivity index (χ3n) is 3.89. The standard InChI is InChI=1S/C16H23ClN2O/c17-13-7-6-10-15(11-13)19-16(20)12-18-14-8-4-2-1-3-5-9-14/h6-7,10-11,14,18H,1-5,8-9,12H2,(H,19,20)/p+1. The second-order valence-corrected chi connectivity index (χ2v) is 6.04. The first-order valence-electron chi connectivity index (χ1n) is 7.63. The van der Waals surface area contributed by atoms with Crippen molar-refractivity contribution in [3.63, 3.8) is 0 Å². The minimum atomic E-state index is 0.0503. The van der Waals surface area contributed by atoms with Gasteiger partial charge >= 0.3 is 0 Å². The molecule has 1 aliphatic carbocycles. The van der Waals surface area contributed by atoms with E-state index in [-0.39, 0.29) is 5.91 Å². The lowest BCUT2D eigenvalue weighted by molar-refractivity contribution is -0.680. The predicted octanol–water partition coefficient (Wildman–Crippen LogP) is 2.95. The number of hydrogen-bond acceptors (Lipinski definition) is 1. The summed E-state index contributed by atoms with van der Waals surface area (Å²) in [5.74, 6) is 0.0503. The summed E-state index contributed by atoms with van der Waals surface area (Å²) < 4.78 is 0. The zero-order valence-corrected chi connectivity index (χ0v) is 12.7. The predicted molar refractivity (Wildman–Crippen MR) is 83.0 cm³/mol. The van der Waals surface area contributed by atoms with Gasteiger partial charge in [-0.1, -0.05) is 36.9 Å². The number of quaternary nitrogens is 1. The molecular weight excluding hydrogens is 272 g/mol. The van der Waals surface area contributed by atoms with Crippen molar-refractivity contribution >= 4 is 23.2 Å². The van der Waals surface area contributed by atoms with Crippen molar-refractivity contribution in [3.8, 4) is 0 Å². The zero-order chi connectivity index (χ0) is 14.2. The van der Waals surface area contributed by atoms with Crippen LogP contribution >= 0.6 is 11.6 Å². The Hall–Kier alpha value is -1.06. The van der Waals surface area contributed by atoms with Crippen LogP contribution in [0.2, 0.25) is 5.02 Å². The maximum Gasteiger partial charge on any atom is 0.279 e. The van der Waals surface area contributed by atoms with E-state index < -0.39 is 0 Å². The maximum absolute atomic E-state index is 11.9. The molecule has 0 unspecified atom stereocenters. The molecule has 1 saturated carbocycles. The number of amides is 1. The van der Waals surface area contributed by atoms with Crippen molar-refractivity contribution in [1.29, 1.82) is 0 Å². The highest BCUT2D eigenvalue weighted by Gasteiger charge is 2.15. The highest BCUT2D eigenvalue weighted by Crippen LogP contribution is 2.15. The molecule has 3 N–H and O–H groups in total. The molecule has 0 saturated heterocycles. The molecule has 0 radical (unpaired) electrons. The summed E-state index contributed by atoms with van der Waals surface area (Å²) in [6.45, 7) is 0.497. The Morgan fingerprint density at radius 2 is 1.90 bits per heavy atom. The Bertz CT molecular complexity index is 428. The van der Waals surface area contributed by atoms with E-state index in [1.54, 1.807) is 12.1 Å². The number of nitrogens with two attached hydrogens (primary N) is 1. The van der Waals surface area contributed by atoms with Crippen molar-refractivity contribution < 1.29 is 10.1 Å². The van der Waals surface area contributed by atoms with Gasteiger partial charge in [-0.05, 0) is 43.9 Å². The summed E-state index contributed by atoms with van der Waals surface area (Å²) in [6.07, 6.45) is 9.16. The third-order valence-corrected chi connectivity index (χ3v) is 4.13. The number of hydrogen-bond donors (Lipinski definition) is 2. The fourth-order valence-electron chi connectivity index (χ4n) is 2.78. The van der Waals surface area contributed by atoms with Crippen LogP contribution in [0.3, 0.4) is 0 Å². The van der Waals surface area contributed by atoms with Crippen molar-refractivity contribution in [3.05, 3.63) is 29.3 Å². The molecule has 1 fully saturated rings. The Morgan fingerprint density at radius 1 is 1.20 bits per heavy atom. The molecule has 2 rings (SSSR count). The van der Waals surface area contributed by atoms with E-state index in [2.05, 4.69) is 10.6 Å². The van der Waals surface area contributed by atoms with E-state index >= 15 is 0 Å². The first-order chi connectivity index (χ1) is 9.74. The van der Waals surface area contributed by atoms with Crippen LogP contribution in [0.5, 0.6) is 0 Å². The molecule has 3 nitrogen and oxygen atoms in total. The summed E-state index contributed by atoms with van der Waals surface area (Å²) in [4.78, 5) is 11.9. The van der Waals surface area contributed by atoms with E-state index in [4.69, 9.17) is 11.6 Å². The quantitative estimate of drug-likeness (QED) is 0.881. The van der Waals surface area contributed by atoms with Gasteiger partial charge in [-0.2, -0.15) is 0 Å². The molecule has 0 aliphatic heterocycles. The second kappa shape index (κ2) is 8.28. The summed E-state index contributed by atoms with van der Waals surface area (Å²) in [6, 6.07) is 7.89. The molecule has 20 heavy (non-hydrogen) atoms. The van der Waals surface area contributed by atoms with Gasteiger partial charge in [0.2, 0.25) is 0 Å². The molecule has 0 heterocycles. The summed E-state index contributed by atoms with van der Waals surface area (Å²) in [7, 11) is 0. The van der Waals surface area contributed by atoms with E-state index in [9.17, 15) is 4.79 Å². The Labute approximate surface area is 126 Å². The molecule has 0 spiro atoms. The molecular formula is C16H24ClN2O+. The summed E-state index contributed by atoms with van der Waals surface area (Å²) in [5, 5.41) is 5.74. The van der Waals surface area contributed by atoms with Crippen LogP contribution in [0.1, 0.15) is 44.9 Å². The van der Waals surface area contributed by atoms with Crippen LogP contribution in [-0.4, -0.2) is 18.5 Å². The monoisotopic (exact) mass is 295 g/mol. The molecule has 1 aromatic rings. The zero-order valence-electron chi connectivity index (χ0n) is 11.9. The second-order valence-electron chi connectivity index (χ2n) is 5.60. The molecule has 4 heteroatoms. The van der Waals surface area contributed by atoms with E-state index in [1.807, 2.05) is 12.1 Å². The van der Waals surface area contributed by atoms with Crippen molar-refractivity contribution in [1.82, 2.24) is 0 Å². The van der Waals surface area contributed by atoms with Crippen LogP contribution in [0.15, 0.2) is 24.3 Å². The SMILES string of the molecule is O=C(C[NH2+]C1CCCCCCC1)Nc1cccc(Cl)c1. The number of carbonyl (C=O) groups excluding carboxylic acids is 1. The summed E-state index contributed by atoms with van der Waals surface area (Å²) in [5.41, 5.74) is 0.772. The molecule has 1 amide bonds. The van der Waals surface area contributed by atoms with Crippen molar-refractivity contribution in [2.45, 2.75) is 51.0 Å². The van der Waals surface area contributed by atoms with Gasteiger partial charge in [0.05, 0.1) is 6.04 Å². The van der Waals surface area contributed by atoms with Crippen molar-refractivity contribution in [2.24, 2.45) is 0 Å². The van der Waals surface area contributed by atoms with Gasteiger partial charge in [0.25, 0.3) is 5.91 Å². The van der Waals surface area contributed by atoms with Gasteiger partial charge in [0.1, 0.15) is 0 Å². The molecule has 1 aliphatic rings. The molecule has 0 atom stereocenters. The lowest BCUT2D eigenvalue weighted by atomic mass is 9.97. The lowest BCUT2D eigenvalue weighted by Crippen LogP contribution is -2.91. The summed E-state index contributed by atoms with van der Waals surface area (Å²) >= 11 is 5.90. The molecule has 0 bridgehead atoms. The smallest absolute Gasteiger partial charge is 0.279 e. The third kappa shape index (κ3) is 5.51. The first kappa shape index (κ1) is 15.3.